The minimum absolute atomic E-state index is 0.0261. The molecule has 2 fully saturated rings. The Morgan fingerprint density at radius 1 is 0.903 bits per heavy atom. The summed E-state index contributed by atoms with van der Waals surface area (Å²) in [6.45, 7) is 8.51. The fourth-order valence-electron chi connectivity index (χ4n) is 4.58. The maximum Gasteiger partial charge on any atom is 0.343 e. The number of fused-ring (bicyclic) bond motifs is 1. The van der Waals surface area contributed by atoms with Gasteiger partial charge in [0, 0.05) is 0 Å². The average molecular weight is 420 g/mol. The Morgan fingerprint density at radius 2 is 1.52 bits per heavy atom. The fraction of sp³-hybridized carbons (Fsp3) is 0.423. The van der Waals surface area contributed by atoms with Crippen LogP contribution in [0.1, 0.15) is 62.9 Å². The van der Waals surface area contributed by atoms with E-state index in [1.807, 2.05) is 12.1 Å². The van der Waals surface area contributed by atoms with Crippen molar-refractivity contribution in [2.24, 2.45) is 17.8 Å². The number of carbonyl (C=O) groups is 3. The van der Waals surface area contributed by atoms with E-state index >= 15 is 0 Å². The van der Waals surface area contributed by atoms with Crippen molar-refractivity contribution in [3.05, 3.63) is 59.7 Å². The van der Waals surface area contributed by atoms with Crippen molar-refractivity contribution in [1.82, 2.24) is 0 Å². The van der Waals surface area contributed by atoms with Crippen LogP contribution in [0.25, 0.3) is 0 Å². The van der Waals surface area contributed by atoms with Crippen molar-refractivity contribution in [2.45, 2.75) is 52.4 Å². The Labute approximate surface area is 183 Å². The van der Waals surface area contributed by atoms with Crippen molar-refractivity contribution < 1.29 is 19.1 Å². The lowest BCUT2D eigenvalue weighted by molar-refractivity contribution is -0.122. The van der Waals surface area contributed by atoms with E-state index in [1.165, 1.54) is 4.90 Å². The van der Waals surface area contributed by atoms with Crippen LogP contribution >= 0.6 is 0 Å². The minimum atomic E-state index is -0.475. The second kappa shape index (κ2) is 7.95. The molecule has 1 aliphatic carbocycles. The molecule has 3 atom stereocenters. The highest BCUT2D eigenvalue weighted by Gasteiger charge is 2.49. The van der Waals surface area contributed by atoms with Crippen LogP contribution in [0, 0.1) is 17.8 Å². The van der Waals surface area contributed by atoms with Crippen molar-refractivity contribution >= 4 is 23.5 Å². The van der Waals surface area contributed by atoms with Crippen LogP contribution in [-0.2, 0) is 15.0 Å². The quantitative estimate of drug-likeness (QED) is 0.393. The first kappa shape index (κ1) is 21.3. The highest BCUT2D eigenvalue weighted by atomic mass is 16.5. The molecular weight excluding hydrogens is 390 g/mol. The number of amides is 2. The summed E-state index contributed by atoms with van der Waals surface area (Å²) in [6.07, 6.45) is 2.52. The van der Waals surface area contributed by atoms with Gasteiger partial charge in [-0.15, -0.1) is 0 Å². The summed E-state index contributed by atoms with van der Waals surface area (Å²) in [5.41, 5.74) is 2.07. The molecule has 1 saturated carbocycles. The number of nitrogens with zero attached hydrogens (tertiary/aromatic N) is 1. The van der Waals surface area contributed by atoms with Crippen LogP contribution in [0.5, 0.6) is 5.75 Å². The molecule has 0 bridgehead atoms. The number of benzene rings is 2. The highest BCUT2D eigenvalue weighted by molar-refractivity contribution is 6.22. The molecule has 2 aromatic carbocycles. The number of rotatable bonds is 3. The first-order valence-corrected chi connectivity index (χ1v) is 11.0. The van der Waals surface area contributed by atoms with Gasteiger partial charge in [-0.2, -0.15) is 0 Å². The SMILES string of the molecule is C[C@@H]1CC[C@@H]2C(=O)N(c3ccc(C(=O)Oc4ccc(C(C)(C)C)cc4)cc3)C(=O)[C@@H]2C1. The van der Waals surface area contributed by atoms with Crippen LogP contribution in [0.15, 0.2) is 48.5 Å². The molecule has 2 aliphatic rings. The lowest BCUT2D eigenvalue weighted by Crippen LogP contribution is -2.30. The van der Waals surface area contributed by atoms with E-state index in [0.717, 1.165) is 24.8 Å². The van der Waals surface area contributed by atoms with Gasteiger partial charge in [-0.25, -0.2) is 4.79 Å². The third kappa shape index (κ3) is 4.14. The van der Waals surface area contributed by atoms with Crippen LogP contribution in [-0.4, -0.2) is 17.8 Å². The standard InChI is InChI=1S/C26H29NO4/c1-16-5-14-21-22(15-16)24(29)27(23(21)28)19-10-6-17(7-11-19)25(30)31-20-12-8-18(9-13-20)26(2,3)4/h6-13,16,21-22H,5,14-15H2,1-4H3/t16-,21+,22-/m1/s1. The molecule has 0 spiro atoms. The van der Waals surface area contributed by atoms with Crippen molar-refractivity contribution in [3.8, 4) is 5.75 Å². The van der Waals surface area contributed by atoms with E-state index in [9.17, 15) is 14.4 Å². The molecule has 1 saturated heterocycles. The van der Waals surface area contributed by atoms with Gasteiger partial charge >= 0.3 is 5.97 Å². The maximum atomic E-state index is 12.9. The number of anilines is 1. The van der Waals surface area contributed by atoms with Gasteiger partial charge in [0.1, 0.15) is 5.75 Å². The zero-order valence-corrected chi connectivity index (χ0v) is 18.6. The summed E-state index contributed by atoms with van der Waals surface area (Å²) in [5, 5.41) is 0. The van der Waals surface area contributed by atoms with Crippen molar-refractivity contribution in [3.63, 3.8) is 0 Å². The van der Waals surface area contributed by atoms with Gasteiger partial charge in [-0.05, 0) is 72.6 Å². The molecule has 1 aliphatic heterocycles. The van der Waals surface area contributed by atoms with Gasteiger partial charge < -0.3 is 4.74 Å². The van der Waals surface area contributed by atoms with E-state index in [-0.39, 0.29) is 29.1 Å². The summed E-state index contributed by atoms with van der Waals surface area (Å²) >= 11 is 0. The molecule has 0 unspecified atom stereocenters. The van der Waals surface area contributed by atoms with E-state index in [0.29, 0.717) is 22.9 Å². The molecule has 0 radical (unpaired) electrons. The van der Waals surface area contributed by atoms with Crippen LogP contribution in [0.3, 0.4) is 0 Å². The summed E-state index contributed by atoms with van der Waals surface area (Å²) in [7, 11) is 0. The van der Waals surface area contributed by atoms with E-state index in [1.54, 1.807) is 36.4 Å². The topological polar surface area (TPSA) is 63.7 Å². The summed E-state index contributed by atoms with van der Waals surface area (Å²) in [4.78, 5) is 39.5. The summed E-state index contributed by atoms with van der Waals surface area (Å²) < 4.78 is 5.48. The van der Waals surface area contributed by atoms with Gasteiger partial charge in [-0.3, -0.25) is 14.5 Å². The Hall–Kier alpha value is -2.95. The molecule has 5 heteroatoms. The molecule has 4 rings (SSSR count). The van der Waals surface area contributed by atoms with Crippen molar-refractivity contribution in [2.75, 3.05) is 4.90 Å². The first-order chi connectivity index (χ1) is 14.6. The lowest BCUT2D eigenvalue weighted by atomic mass is 9.76. The smallest absolute Gasteiger partial charge is 0.343 e. The lowest BCUT2D eigenvalue weighted by Gasteiger charge is -2.25. The second-order valence-corrected chi connectivity index (χ2v) is 9.85. The highest BCUT2D eigenvalue weighted by Crippen LogP contribution is 2.42. The van der Waals surface area contributed by atoms with Gasteiger partial charge in [-0.1, -0.05) is 39.8 Å². The third-order valence-electron chi connectivity index (χ3n) is 6.48. The summed E-state index contributed by atoms with van der Waals surface area (Å²) in [6, 6.07) is 14.0. The van der Waals surface area contributed by atoms with Crippen LogP contribution < -0.4 is 9.64 Å². The fourth-order valence-corrected chi connectivity index (χ4v) is 4.58. The van der Waals surface area contributed by atoms with Crippen LogP contribution in [0.4, 0.5) is 5.69 Å². The van der Waals surface area contributed by atoms with Crippen LogP contribution in [0.2, 0.25) is 0 Å². The molecule has 2 amide bonds. The van der Waals surface area contributed by atoms with Gasteiger partial charge in [0.2, 0.25) is 11.8 Å². The Balaban J connectivity index is 1.46. The van der Waals surface area contributed by atoms with E-state index in [4.69, 9.17) is 4.74 Å². The van der Waals surface area contributed by atoms with E-state index < -0.39 is 5.97 Å². The van der Waals surface area contributed by atoms with Gasteiger partial charge in [0.15, 0.2) is 0 Å². The Morgan fingerprint density at radius 3 is 2.13 bits per heavy atom. The van der Waals surface area contributed by atoms with Gasteiger partial charge in [0.25, 0.3) is 0 Å². The number of carbonyl (C=O) groups excluding carboxylic acids is 3. The molecule has 0 aromatic heterocycles. The van der Waals surface area contributed by atoms with Crippen molar-refractivity contribution in [1.29, 1.82) is 0 Å². The third-order valence-corrected chi connectivity index (χ3v) is 6.48. The molecule has 31 heavy (non-hydrogen) atoms. The predicted octanol–water partition coefficient (Wildman–Crippen LogP) is 5.13. The second-order valence-electron chi connectivity index (χ2n) is 9.85. The maximum absolute atomic E-state index is 12.9. The largest absolute Gasteiger partial charge is 0.423 e. The molecule has 162 valence electrons. The number of hydrogen-bond donors (Lipinski definition) is 0. The molecular formula is C26H29NO4. The Kier molecular flexibility index (Phi) is 5.46. The predicted molar refractivity (Wildman–Crippen MR) is 119 cm³/mol. The van der Waals surface area contributed by atoms with Gasteiger partial charge in [0.05, 0.1) is 23.1 Å². The normalized spacial score (nSPS) is 23.6. The monoisotopic (exact) mass is 419 g/mol. The molecule has 5 nitrogen and oxygen atoms in total. The summed E-state index contributed by atoms with van der Waals surface area (Å²) in [5.74, 6) is -0.178. The molecule has 0 N–H and O–H groups in total. The molecule has 2 aromatic rings. The number of hydrogen-bond acceptors (Lipinski definition) is 4. The Bertz CT molecular complexity index is 1000. The zero-order valence-electron chi connectivity index (χ0n) is 18.6. The first-order valence-electron chi connectivity index (χ1n) is 11.0. The van der Waals surface area contributed by atoms with E-state index in [2.05, 4.69) is 27.7 Å². The number of imide groups is 1. The zero-order chi connectivity index (χ0) is 22.3. The molecule has 1 heterocycles. The number of ether oxygens (including phenoxy) is 1. The minimum Gasteiger partial charge on any atom is -0.423 e. The number of esters is 1. The average Bonchev–Trinajstić information content (AvgIpc) is 2.97.